The second-order valence-electron chi connectivity index (χ2n) is 5.92. The fraction of sp³-hybridized carbons (Fsp3) is 0.714. The van der Waals surface area contributed by atoms with Gasteiger partial charge in [-0.2, -0.15) is 0 Å². The van der Waals surface area contributed by atoms with Crippen molar-refractivity contribution >= 4 is 17.4 Å². The summed E-state index contributed by atoms with van der Waals surface area (Å²) in [6.07, 6.45) is 1.62. The summed E-state index contributed by atoms with van der Waals surface area (Å²) in [5.74, 6) is 1.37. The molecule has 2 N–H and O–H groups in total. The van der Waals surface area contributed by atoms with Gasteiger partial charge in [-0.05, 0) is 12.8 Å². The number of hydrogen-bond acceptors (Lipinski definition) is 4. The van der Waals surface area contributed by atoms with E-state index in [1.54, 1.807) is 6.07 Å². The van der Waals surface area contributed by atoms with Crippen LogP contribution in [-0.4, -0.2) is 27.2 Å². The van der Waals surface area contributed by atoms with Crippen LogP contribution in [0.15, 0.2) is 6.07 Å². The Morgan fingerprint density at radius 1 is 1.21 bits per heavy atom. The van der Waals surface area contributed by atoms with E-state index < -0.39 is 0 Å². The molecule has 0 amide bonds. The van der Waals surface area contributed by atoms with Crippen LogP contribution in [0.2, 0.25) is 5.15 Å². The van der Waals surface area contributed by atoms with Gasteiger partial charge in [0.05, 0.1) is 12.1 Å². The number of halogens is 1. The van der Waals surface area contributed by atoms with Crippen molar-refractivity contribution in [2.45, 2.75) is 58.4 Å². The summed E-state index contributed by atoms with van der Waals surface area (Å²) in [6, 6.07) is 1.70. The second kappa shape index (κ2) is 6.06. The Morgan fingerprint density at radius 3 is 2.21 bits per heavy atom. The van der Waals surface area contributed by atoms with Crippen LogP contribution in [-0.2, 0) is 5.41 Å². The molecule has 19 heavy (non-hydrogen) atoms. The van der Waals surface area contributed by atoms with Crippen molar-refractivity contribution in [1.82, 2.24) is 9.97 Å². The number of anilines is 1. The molecular weight excluding hydrogens is 262 g/mol. The third-order valence-corrected chi connectivity index (χ3v) is 3.61. The zero-order valence-corrected chi connectivity index (χ0v) is 13.2. The Morgan fingerprint density at radius 2 is 1.79 bits per heavy atom. The standard InChI is InChI=1S/C14H24ClN3O/c1-6-14(7-2,9-19)18-11-8-10(15)16-12(17-11)13(3,4)5/h8,19H,6-7,9H2,1-5H3,(H,16,17,18). The van der Waals surface area contributed by atoms with Gasteiger partial charge in [0.25, 0.3) is 0 Å². The van der Waals surface area contributed by atoms with E-state index in [-0.39, 0.29) is 17.6 Å². The molecule has 0 radical (unpaired) electrons. The van der Waals surface area contributed by atoms with Crippen LogP contribution in [0.3, 0.4) is 0 Å². The first-order chi connectivity index (χ1) is 8.76. The largest absolute Gasteiger partial charge is 0.394 e. The normalized spacial score (nSPS) is 12.6. The lowest BCUT2D eigenvalue weighted by Gasteiger charge is -2.31. The predicted molar refractivity (Wildman–Crippen MR) is 79.8 cm³/mol. The first-order valence-electron chi connectivity index (χ1n) is 6.70. The van der Waals surface area contributed by atoms with E-state index >= 15 is 0 Å². The van der Waals surface area contributed by atoms with Crippen molar-refractivity contribution in [1.29, 1.82) is 0 Å². The van der Waals surface area contributed by atoms with Crippen molar-refractivity contribution in [3.05, 3.63) is 17.0 Å². The van der Waals surface area contributed by atoms with Crippen molar-refractivity contribution < 1.29 is 5.11 Å². The van der Waals surface area contributed by atoms with Gasteiger partial charge in [0.15, 0.2) is 0 Å². The highest BCUT2D eigenvalue weighted by molar-refractivity contribution is 6.29. The van der Waals surface area contributed by atoms with Crippen molar-refractivity contribution in [3.8, 4) is 0 Å². The summed E-state index contributed by atoms with van der Waals surface area (Å²) < 4.78 is 0. The highest BCUT2D eigenvalue weighted by Gasteiger charge is 2.26. The Hall–Kier alpha value is -0.870. The van der Waals surface area contributed by atoms with Crippen LogP contribution in [0.25, 0.3) is 0 Å². The van der Waals surface area contributed by atoms with Gasteiger partial charge in [-0.1, -0.05) is 46.2 Å². The quantitative estimate of drug-likeness (QED) is 0.814. The molecular formula is C14H24ClN3O. The van der Waals surface area contributed by atoms with E-state index in [1.165, 1.54) is 0 Å². The monoisotopic (exact) mass is 285 g/mol. The number of aromatic nitrogens is 2. The number of hydrogen-bond donors (Lipinski definition) is 2. The summed E-state index contributed by atoms with van der Waals surface area (Å²) in [7, 11) is 0. The maximum absolute atomic E-state index is 9.60. The molecule has 0 aliphatic heterocycles. The average molecular weight is 286 g/mol. The van der Waals surface area contributed by atoms with Gasteiger partial charge >= 0.3 is 0 Å². The highest BCUT2D eigenvalue weighted by Crippen LogP contribution is 2.25. The Bertz CT molecular complexity index is 417. The third kappa shape index (κ3) is 4.05. The van der Waals surface area contributed by atoms with Gasteiger partial charge in [-0.3, -0.25) is 0 Å². The number of rotatable bonds is 5. The molecule has 0 unspecified atom stereocenters. The molecule has 0 spiro atoms. The first-order valence-corrected chi connectivity index (χ1v) is 7.08. The topological polar surface area (TPSA) is 58.0 Å². The number of aliphatic hydroxyl groups excluding tert-OH is 1. The fourth-order valence-corrected chi connectivity index (χ4v) is 1.96. The zero-order valence-electron chi connectivity index (χ0n) is 12.4. The number of nitrogens with zero attached hydrogens (tertiary/aromatic N) is 2. The minimum Gasteiger partial charge on any atom is -0.394 e. The van der Waals surface area contributed by atoms with E-state index in [0.29, 0.717) is 16.8 Å². The van der Waals surface area contributed by atoms with Gasteiger partial charge in [0, 0.05) is 11.5 Å². The van der Waals surface area contributed by atoms with Crippen LogP contribution in [0.4, 0.5) is 5.82 Å². The molecule has 0 fully saturated rings. The van der Waals surface area contributed by atoms with Crippen LogP contribution in [0.5, 0.6) is 0 Å². The van der Waals surface area contributed by atoms with Gasteiger partial charge in [0.1, 0.15) is 16.8 Å². The molecule has 0 saturated heterocycles. The molecule has 0 saturated carbocycles. The lowest BCUT2D eigenvalue weighted by Crippen LogP contribution is -2.41. The van der Waals surface area contributed by atoms with Gasteiger partial charge < -0.3 is 10.4 Å². The van der Waals surface area contributed by atoms with Crippen molar-refractivity contribution in [3.63, 3.8) is 0 Å². The van der Waals surface area contributed by atoms with E-state index in [4.69, 9.17) is 11.6 Å². The SMILES string of the molecule is CCC(CC)(CO)Nc1cc(Cl)nc(C(C)(C)C)n1. The lowest BCUT2D eigenvalue weighted by atomic mass is 9.93. The second-order valence-corrected chi connectivity index (χ2v) is 6.31. The van der Waals surface area contributed by atoms with Crippen molar-refractivity contribution in [2.75, 3.05) is 11.9 Å². The highest BCUT2D eigenvalue weighted by atomic mass is 35.5. The first kappa shape index (κ1) is 16.2. The Balaban J connectivity index is 3.11. The molecule has 1 aromatic rings. The predicted octanol–water partition coefficient (Wildman–Crippen LogP) is 3.39. The Kier molecular flexibility index (Phi) is 5.16. The van der Waals surface area contributed by atoms with Crippen LogP contribution in [0.1, 0.15) is 53.3 Å². The molecule has 108 valence electrons. The van der Waals surface area contributed by atoms with E-state index in [2.05, 4.69) is 15.3 Å². The number of nitrogens with one attached hydrogen (secondary N) is 1. The molecule has 4 nitrogen and oxygen atoms in total. The maximum Gasteiger partial charge on any atom is 0.137 e. The average Bonchev–Trinajstić information content (AvgIpc) is 2.34. The molecule has 1 aromatic heterocycles. The molecule has 1 heterocycles. The smallest absolute Gasteiger partial charge is 0.137 e. The molecule has 5 heteroatoms. The minimum atomic E-state index is -0.354. The zero-order chi connectivity index (χ0) is 14.7. The van der Waals surface area contributed by atoms with Crippen LogP contribution < -0.4 is 5.32 Å². The molecule has 0 atom stereocenters. The van der Waals surface area contributed by atoms with E-state index in [1.807, 2.05) is 34.6 Å². The lowest BCUT2D eigenvalue weighted by molar-refractivity contribution is 0.202. The van der Waals surface area contributed by atoms with Gasteiger partial charge in [0.2, 0.25) is 0 Å². The summed E-state index contributed by atoms with van der Waals surface area (Å²) in [4.78, 5) is 8.78. The number of aliphatic hydroxyl groups is 1. The third-order valence-electron chi connectivity index (χ3n) is 3.42. The summed E-state index contributed by atoms with van der Waals surface area (Å²) in [5.41, 5.74) is -0.519. The minimum absolute atomic E-state index is 0.0620. The molecule has 0 aliphatic carbocycles. The van der Waals surface area contributed by atoms with E-state index in [0.717, 1.165) is 12.8 Å². The molecule has 0 aromatic carbocycles. The van der Waals surface area contributed by atoms with E-state index in [9.17, 15) is 5.11 Å². The maximum atomic E-state index is 9.60. The van der Waals surface area contributed by atoms with Crippen LogP contribution >= 0.6 is 11.6 Å². The fourth-order valence-electron chi connectivity index (χ4n) is 1.78. The molecule has 1 rings (SSSR count). The van der Waals surface area contributed by atoms with Gasteiger partial charge in [-0.15, -0.1) is 0 Å². The molecule has 0 aliphatic rings. The Labute approximate surface area is 120 Å². The summed E-state index contributed by atoms with van der Waals surface area (Å²) >= 11 is 6.06. The van der Waals surface area contributed by atoms with Gasteiger partial charge in [-0.25, -0.2) is 9.97 Å². The molecule has 0 bridgehead atoms. The van der Waals surface area contributed by atoms with Crippen molar-refractivity contribution in [2.24, 2.45) is 0 Å². The van der Waals surface area contributed by atoms with Crippen LogP contribution in [0, 0.1) is 0 Å². The summed E-state index contributed by atoms with van der Waals surface area (Å²) in [5, 5.41) is 13.3. The summed E-state index contributed by atoms with van der Waals surface area (Å²) in [6.45, 7) is 10.3.